The lowest BCUT2D eigenvalue weighted by Crippen LogP contribution is -2.29. The van der Waals surface area contributed by atoms with E-state index in [-0.39, 0.29) is 16.9 Å². The molecule has 1 unspecified atom stereocenters. The Hall–Kier alpha value is -4.46. The van der Waals surface area contributed by atoms with Gasteiger partial charge >= 0.3 is 0 Å². The molecule has 1 saturated heterocycles. The Morgan fingerprint density at radius 3 is 1.92 bits per heavy atom. The minimum Gasteiger partial charge on any atom is -0.506 e. The monoisotopic (exact) mass is 516 g/mol. The Kier molecular flexibility index (Phi) is 7.90. The van der Waals surface area contributed by atoms with Crippen LogP contribution in [0, 0.1) is 0 Å². The summed E-state index contributed by atoms with van der Waals surface area (Å²) in [5.74, 6) is -0.676. The van der Waals surface area contributed by atoms with E-state index in [0.29, 0.717) is 28.5 Å². The van der Waals surface area contributed by atoms with Gasteiger partial charge in [0.1, 0.15) is 28.6 Å². The Morgan fingerprint density at radius 2 is 1.42 bits per heavy atom. The Labute approximate surface area is 222 Å². The summed E-state index contributed by atoms with van der Waals surface area (Å²) in [4.78, 5) is 30.7. The van der Waals surface area contributed by atoms with Gasteiger partial charge in [0.2, 0.25) is 0 Å². The van der Waals surface area contributed by atoms with Crippen LogP contribution in [0.3, 0.4) is 0 Å². The number of hydrogen-bond acceptors (Lipinski definition) is 7. The first-order valence-electron chi connectivity index (χ1n) is 12.4. The molecule has 1 N–H and O–H groups in total. The van der Waals surface area contributed by atoms with E-state index >= 15 is 0 Å². The highest BCUT2D eigenvalue weighted by Crippen LogP contribution is 2.45. The Bertz CT molecular complexity index is 1320. The quantitative estimate of drug-likeness (QED) is 0.238. The van der Waals surface area contributed by atoms with Gasteiger partial charge in [-0.15, -0.1) is 0 Å². The second kappa shape index (κ2) is 11.3. The van der Waals surface area contributed by atoms with Crippen molar-refractivity contribution in [2.24, 2.45) is 0 Å². The average Bonchev–Trinajstić information content (AvgIpc) is 3.23. The second-order valence-electron chi connectivity index (χ2n) is 8.67. The van der Waals surface area contributed by atoms with Gasteiger partial charge in [-0.25, -0.2) is 0 Å². The number of ether oxygens (including phenoxy) is 3. The molecule has 0 saturated carbocycles. The summed E-state index contributed by atoms with van der Waals surface area (Å²) >= 11 is 0. The molecule has 3 aromatic rings. The number of nitrogens with zero attached hydrogens (tertiary/aromatic N) is 2. The number of carbonyl (C=O) groups is 2. The molecule has 38 heavy (non-hydrogen) atoms. The summed E-state index contributed by atoms with van der Waals surface area (Å²) in [6.45, 7) is 5.84. The maximum atomic E-state index is 13.6. The van der Waals surface area contributed by atoms with Crippen LogP contribution < -0.4 is 24.0 Å². The van der Waals surface area contributed by atoms with E-state index < -0.39 is 17.7 Å². The van der Waals surface area contributed by atoms with Gasteiger partial charge in [0.05, 0.1) is 32.9 Å². The zero-order chi connectivity index (χ0) is 27.4. The minimum atomic E-state index is -0.885. The maximum Gasteiger partial charge on any atom is 0.300 e. The topological polar surface area (TPSA) is 88.5 Å². The predicted molar refractivity (Wildman–Crippen MR) is 147 cm³/mol. The summed E-state index contributed by atoms with van der Waals surface area (Å²) in [5, 5.41) is 11.6. The summed E-state index contributed by atoms with van der Waals surface area (Å²) in [6.07, 6.45) is 0. The van der Waals surface area contributed by atoms with E-state index in [4.69, 9.17) is 14.2 Å². The van der Waals surface area contributed by atoms with Gasteiger partial charge in [-0.1, -0.05) is 18.2 Å². The predicted octanol–water partition coefficient (Wildman–Crippen LogP) is 5.18. The van der Waals surface area contributed by atoms with E-state index in [9.17, 15) is 14.7 Å². The van der Waals surface area contributed by atoms with Crippen molar-refractivity contribution >= 4 is 28.8 Å². The van der Waals surface area contributed by atoms with E-state index in [1.807, 2.05) is 24.3 Å². The van der Waals surface area contributed by atoms with Gasteiger partial charge in [-0.2, -0.15) is 0 Å². The van der Waals surface area contributed by atoms with Crippen molar-refractivity contribution in [2.75, 3.05) is 44.2 Å². The van der Waals surface area contributed by atoms with Crippen molar-refractivity contribution in [1.82, 2.24) is 0 Å². The number of rotatable bonds is 9. The SMILES string of the molecule is CCN(CC)c1ccc(C2/C(=C(\O)c3c(OC)cccc3OC)C(=O)C(=O)N2c2ccc(OC)cc2)cc1. The molecule has 198 valence electrons. The average molecular weight is 517 g/mol. The molecule has 1 aliphatic rings. The number of benzene rings is 3. The molecule has 0 spiro atoms. The van der Waals surface area contributed by atoms with Crippen molar-refractivity contribution in [3.05, 3.63) is 83.4 Å². The molecule has 3 aromatic carbocycles. The van der Waals surface area contributed by atoms with Crippen LogP contribution in [0.25, 0.3) is 5.76 Å². The third-order valence-electron chi connectivity index (χ3n) is 6.80. The van der Waals surface area contributed by atoms with Gasteiger partial charge in [-0.05, 0) is 67.9 Å². The van der Waals surface area contributed by atoms with Crippen molar-refractivity contribution in [1.29, 1.82) is 0 Å². The number of carbonyl (C=O) groups excluding carboxylic acids is 2. The van der Waals surface area contributed by atoms with E-state index in [2.05, 4.69) is 18.7 Å². The van der Waals surface area contributed by atoms with Crippen LogP contribution in [-0.4, -0.2) is 51.2 Å². The molecule has 0 aromatic heterocycles. The van der Waals surface area contributed by atoms with Crippen LogP contribution in [0.1, 0.15) is 31.0 Å². The van der Waals surface area contributed by atoms with Crippen molar-refractivity contribution < 1.29 is 28.9 Å². The first-order chi connectivity index (χ1) is 18.4. The van der Waals surface area contributed by atoms with Crippen molar-refractivity contribution in [3.63, 3.8) is 0 Å². The molecule has 4 rings (SSSR count). The summed E-state index contributed by atoms with van der Waals surface area (Å²) in [7, 11) is 4.48. The molecule has 1 atom stereocenters. The smallest absolute Gasteiger partial charge is 0.300 e. The molecule has 8 nitrogen and oxygen atoms in total. The van der Waals surface area contributed by atoms with Gasteiger partial charge in [-0.3, -0.25) is 14.5 Å². The molecule has 1 heterocycles. The van der Waals surface area contributed by atoms with Gasteiger partial charge in [0, 0.05) is 24.5 Å². The largest absolute Gasteiger partial charge is 0.506 e. The fourth-order valence-corrected chi connectivity index (χ4v) is 4.83. The lowest BCUT2D eigenvalue weighted by atomic mass is 9.94. The van der Waals surface area contributed by atoms with Crippen molar-refractivity contribution in [3.8, 4) is 17.2 Å². The molecule has 8 heteroatoms. The number of aliphatic hydroxyl groups is 1. The fraction of sp³-hybridized carbons (Fsp3) is 0.267. The second-order valence-corrected chi connectivity index (χ2v) is 8.67. The lowest BCUT2D eigenvalue weighted by Gasteiger charge is -2.27. The number of aliphatic hydroxyl groups excluding tert-OH is 1. The van der Waals surface area contributed by atoms with Crippen LogP contribution >= 0.6 is 0 Å². The normalized spacial score (nSPS) is 16.4. The van der Waals surface area contributed by atoms with Gasteiger partial charge < -0.3 is 24.2 Å². The highest BCUT2D eigenvalue weighted by atomic mass is 16.5. The number of anilines is 2. The first kappa shape index (κ1) is 26.6. The molecule has 1 aliphatic heterocycles. The van der Waals surface area contributed by atoms with Crippen LogP contribution in [0.15, 0.2) is 72.3 Å². The number of hydrogen-bond donors (Lipinski definition) is 1. The number of Topliss-reactive ketones (excluding diaryl/α,β-unsaturated/α-hetero) is 1. The van der Waals surface area contributed by atoms with Crippen LogP contribution in [0.4, 0.5) is 11.4 Å². The third-order valence-corrected chi connectivity index (χ3v) is 6.80. The van der Waals surface area contributed by atoms with Gasteiger partial charge in [0.15, 0.2) is 0 Å². The van der Waals surface area contributed by atoms with Crippen LogP contribution in [0.5, 0.6) is 17.2 Å². The molecule has 0 bridgehead atoms. The zero-order valence-corrected chi connectivity index (χ0v) is 22.2. The summed E-state index contributed by atoms with van der Waals surface area (Å²) < 4.78 is 16.2. The van der Waals surface area contributed by atoms with Crippen LogP contribution in [-0.2, 0) is 9.59 Å². The lowest BCUT2D eigenvalue weighted by molar-refractivity contribution is -0.132. The molecule has 0 aliphatic carbocycles. The molecule has 1 fully saturated rings. The molecular formula is C30H32N2O6. The van der Waals surface area contributed by atoms with E-state index in [1.54, 1.807) is 49.6 Å². The number of ketones is 1. The summed E-state index contributed by atoms with van der Waals surface area (Å²) in [5.41, 5.74) is 2.34. The van der Waals surface area contributed by atoms with Gasteiger partial charge in [0.25, 0.3) is 11.7 Å². The Morgan fingerprint density at radius 1 is 0.842 bits per heavy atom. The zero-order valence-electron chi connectivity index (χ0n) is 22.2. The number of methoxy groups -OCH3 is 3. The van der Waals surface area contributed by atoms with E-state index in [1.165, 1.54) is 19.1 Å². The van der Waals surface area contributed by atoms with E-state index in [0.717, 1.165) is 18.8 Å². The minimum absolute atomic E-state index is 0.0517. The molecule has 1 amide bonds. The standard InChI is InChI=1S/C30H32N2O6/c1-6-31(7-2)20-13-11-19(12-14-20)27-26(28(33)25-23(37-4)9-8-10-24(25)38-5)29(34)30(35)32(27)21-15-17-22(36-3)18-16-21/h8-18,27,33H,6-7H2,1-5H3/b28-26+. The highest BCUT2D eigenvalue weighted by molar-refractivity contribution is 6.51. The number of amides is 1. The fourth-order valence-electron chi connectivity index (χ4n) is 4.83. The molecular weight excluding hydrogens is 484 g/mol. The van der Waals surface area contributed by atoms with Crippen LogP contribution in [0.2, 0.25) is 0 Å². The summed E-state index contributed by atoms with van der Waals surface area (Å²) in [6, 6.07) is 18.7. The van der Waals surface area contributed by atoms with Crippen molar-refractivity contribution in [2.45, 2.75) is 19.9 Å². The first-order valence-corrected chi connectivity index (χ1v) is 12.4. The third kappa shape index (κ3) is 4.65. The maximum absolute atomic E-state index is 13.6. The highest BCUT2D eigenvalue weighted by Gasteiger charge is 2.47. The molecule has 0 radical (unpaired) electrons. The Balaban J connectivity index is 1.95.